The predicted octanol–water partition coefficient (Wildman–Crippen LogP) is 1.87. The molecule has 1 aromatic rings. The van der Waals surface area contributed by atoms with Crippen molar-refractivity contribution in [2.75, 3.05) is 52.8 Å². The van der Waals surface area contributed by atoms with Crippen LogP contribution in [0.2, 0.25) is 0 Å². The number of carbonyl (C=O) groups is 1. The van der Waals surface area contributed by atoms with E-state index in [2.05, 4.69) is 10.2 Å². The lowest BCUT2D eigenvalue weighted by Gasteiger charge is -2.15. The molecule has 1 aliphatic rings. The van der Waals surface area contributed by atoms with Crippen molar-refractivity contribution in [2.45, 2.75) is 11.3 Å². The van der Waals surface area contributed by atoms with E-state index in [0.29, 0.717) is 11.7 Å². The van der Waals surface area contributed by atoms with Gasteiger partial charge in [-0.15, -0.1) is 11.8 Å². The highest BCUT2D eigenvalue weighted by atomic mass is 32.2. The van der Waals surface area contributed by atoms with Crippen molar-refractivity contribution in [2.24, 2.45) is 5.92 Å². The highest BCUT2D eigenvalue weighted by molar-refractivity contribution is 8.00. The van der Waals surface area contributed by atoms with E-state index in [4.69, 9.17) is 9.47 Å². The summed E-state index contributed by atoms with van der Waals surface area (Å²) in [5, 5.41) is 3.05. The number of rotatable bonds is 9. The molecule has 0 radical (unpaired) electrons. The maximum Gasteiger partial charge on any atom is 0.230 e. The van der Waals surface area contributed by atoms with Crippen molar-refractivity contribution in [3.8, 4) is 5.75 Å². The van der Waals surface area contributed by atoms with Crippen molar-refractivity contribution in [3.05, 3.63) is 24.3 Å². The summed E-state index contributed by atoms with van der Waals surface area (Å²) < 4.78 is 10.3. The summed E-state index contributed by atoms with van der Waals surface area (Å²) in [5.41, 5.74) is 0. The first-order valence-electron chi connectivity index (χ1n) is 7.96. The Morgan fingerprint density at radius 2 is 2.30 bits per heavy atom. The van der Waals surface area contributed by atoms with E-state index in [0.717, 1.165) is 49.9 Å². The lowest BCUT2D eigenvalue weighted by molar-refractivity contribution is -0.118. The van der Waals surface area contributed by atoms with Gasteiger partial charge in [0, 0.05) is 31.6 Å². The lowest BCUT2D eigenvalue weighted by atomic mass is 10.1. The molecule has 1 N–H and O–H groups in total. The van der Waals surface area contributed by atoms with Gasteiger partial charge in [0.15, 0.2) is 0 Å². The minimum Gasteiger partial charge on any atom is -0.497 e. The van der Waals surface area contributed by atoms with E-state index in [9.17, 15) is 4.79 Å². The van der Waals surface area contributed by atoms with Gasteiger partial charge in [0.1, 0.15) is 5.75 Å². The van der Waals surface area contributed by atoms with Crippen LogP contribution in [0.3, 0.4) is 0 Å². The van der Waals surface area contributed by atoms with Gasteiger partial charge >= 0.3 is 0 Å². The zero-order valence-corrected chi connectivity index (χ0v) is 14.7. The third-order valence-electron chi connectivity index (χ3n) is 3.98. The van der Waals surface area contributed by atoms with E-state index in [-0.39, 0.29) is 5.91 Å². The molecule has 0 unspecified atom stereocenters. The summed E-state index contributed by atoms with van der Waals surface area (Å²) in [6.07, 6.45) is 1.15. The van der Waals surface area contributed by atoms with Crippen LogP contribution in [0.4, 0.5) is 0 Å². The first-order valence-corrected chi connectivity index (χ1v) is 8.94. The number of hydrogen-bond acceptors (Lipinski definition) is 5. The molecule has 128 valence electrons. The van der Waals surface area contributed by atoms with E-state index in [1.165, 1.54) is 11.8 Å². The molecule has 1 aliphatic heterocycles. The van der Waals surface area contributed by atoms with Crippen LogP contribution in [0.15, 0.2) is 29.2 Å². The van der Waals surface area contributed by atoms with Gasteiger partial charge in [-0.3, -0.25) is 4.79 Å². The fourth-order valence-electron chi connectivity index (χ4n) is 2.65. The number of amides is 1. The summed E-state index contributed by atoms with van der Waals surface area (Å²) >= 11 is 1.53. The summed E-state index contributed by atoms with van der Waals surface area (Å²) in [4.78, 5) is 15.4. The zero-order valence-electron chi connectivity index (χ0n) is 13.9. The normalized spacial score (nSPS) is 18.1. The Hall–Kier alpha value is -1.24. The van der Waals surface area contributed by atoms with Gasteiger partial charge in [-0.2, -0.15) is 0 Å². The average molecular weight is 338 g/mol. The van der Waals surface area contributed by atoms with E-state index in [1.54, 1.807) is 14.2 Å². The molecular weight excluding hydrogens is 312 g/mol. The number of thioether (sulfide) groups is 1. The van der Waals surface area contributed by atoms with Crippen molar-refractivity contribution in [3.63, 3.8) is 0 Å². The van der Waals surface area contributed by atoms with Gasteiger partial charge in [-0.05, 0) is 37.1 Å². The van der Waals surface area contributed by atoms with Crippen LogP contribution < -0.4 is 10.1 Å². The quantitative estimate of drug-likeness (QED) is 0.697. The molecule has 0 aromatic heterocycles. The Balaban J connectivity index is 1.63. The van der Waals surface area contributed by atoms with Crippen LogP contribution in [0.25, 0.3) is 0 Å². The second-order valence-corrected chi connectivity index (χ2v) is 6.77. The van der Waals surface area contributed by atoms with Crippen LogP contribution in [0.1, 0.15) is 6.42 Å². The molecule has 1 heterocycles. The molecule has 0 bridgehead atoms. The molecule has 2 rings (SSSR count). The number of benzene rings is 1. The molecule has 0 spiro atoms. The number of nitrogens with one attached hydrogen (secondary N) is 1. The fraction of sp³-hybridized carbons (Fsp3) is 0.588. The van der Waals surface area contributed by atoms with E-state index < -0.39 is 0 Å². The Kier molecular flexibility index (Phi) is 7.71. The first kappa shape index (κ1) is 18.1. The third kappa shape index (κ3) is 6.41. The average Bonchev–Trinajstić information content (AvgIpc) is 3.04. The molecule has 0 aliphatic carbocycles. The van der Waals surface area contributed by atoms with Gasteiger partial charge in [-0.25, -0.2) is 0 Å². The molecule has 1 atom stereocenters. The lowest BCUT2D eigenvalue weighted by Crippen LogP contribution is -2.32. The van der Waals surface area contributed by atoms with Crippen molar-refractivity contribution >= 4 is 17.7 Å². The zero-order chi connectivity index (χ0) is 16.5. The van der Waals surface area contributed by atoms with Crippen LogP contribution in [0, 0.1) is 5.92 Å². The summed E-state index contributed by atoms with van der Waals surface area (Å²) in [7, 11) is 3.38. The maximum atomic E-state index is 12.0. The van der Waals surface area contributed by atoms with Gasteiger partial charge in [0.2, 0.25) is 5.91 Å². The maximum absolute atomic E-state index is 12.0. The minimum atomic E-state index is 0.0909. The molecule has 1 aromatic carbocycles. The summed E-state index contributed by atoms with van der Waals surface area (Å²) in [6.45, 7) is 4.67. The molecule has 5 nitrogen and oxygen atoms in total. The Bertz CT molecular complexity index is 498. The standard InChI is InChI=1S/C17H26N2O3S/c1-21-9-8-19-7-6-14(12-19)11-18-17(20)13-23-16-5-3-4-15(10-16)22-2/h3-5,10,14H,6-9,11-13H2,1-2H3,(H,18,20)/t14-/m1/s1. The molecule has 6 heteroatoms. The molecule has 1 saturated heterocycles. The second kappa shape index (κ2) is 9.80. The van der Waals surface area contributed by atoms with Gasteiger partial charge < -0.3 is 19.7 Å². The first-order chi connectivity index (χ1) is 11.2. The Morgan fingerprint density at radius 3 is 3.09 bits per heavy atom. The highest BCUT2D eigenvalue weighted by Gasteiger charge is 2.22. The third-order valence-corrected chi connectivity index (χ3v) is 4.97. The number of carbonyl (C=O) groups excluding carboxylic acids is 1. The largest absolute Gasteiger partial charge is 0.497 e. The number of nitrogens with zero attached hydrogens (tertiary/aromatic N) is 1. The Labute approximate surface area is 142 Å². The SMILES string of the molecule is COCCN1CC[C@H](CNC(=O)CSc2cccc(OC)c2)C1. The van der Waals surface area contributed by atoms with Crippen LogP contribution >= 0.6 is 11.8 Å². The summed E-state index contributed by atoms with van der Waals surface area (Å²) in [5.74, 6) is 1.90. The molecule has 1 amide bonds. The number of hydrogen-bond donors (Lipinski definition) is 1. The van der Waals surface area contributed by atoms with Crippen molar-refractivity contribution in [1.29, 1.82) is 0 Å². The van der Waals surface area contributed by atoms with Crippen LogP contribution in [-0.4, -0.2) is 63.6 Å². The van der Waals surface area contributed by atoms with E-state index >= 15 is 0 Å². The van der Waals surface area contributed by atoms with Gasteiger partial charge in [0.25, 0.3) is 0 Å². The summed E-state index contributed by atoms with van der Waals surface area (Å²) in [6, 6.07) is 7.78. The minimum absolute atomic E-state index is 0.0909. The van der Waals surface area contributed by atoms with Crippen molar-refractivity contribution in [1.82, 2.24) is 10.2 Å². The number of ether oxygens (including phenoxy) is 2. The molecule has 1 fully saturated rings. The second-order valence-electron chi connectivity index (χ2n) is 5.72. The van der Waals surface area contributed by atoms with Crippen molar-refractivity contribution < 1.29 is 14.3 Å². The van der Waals surface area contributed by atoms with Gasteiger partial charge in [0.05, 0.1) is 19.5 Å². The number of likely N-dealkylation sites (tertiary alicyclic amines) is 1. The molecule has 23 heavy (non-hydrogen) atoms. The monoisotopic (exact) mass is 338 g/mol. The molecular formula is C17H26N2O3S. The highest BCUT2D eigenvalue weighted by Crippen LogP contribution is 2.22. The van der Waals surface area contributed by atoms with Gasteiger partial charge in [-0.1, -0.05) is 6.07 Å². The predicted molar refractivity (Wildman–Crippen MR) is 93.2 cm³/mol. The van der Waals surface area contributed by atoms with Crippen LogP contribution in [0.5, 0.6) is 5.75 Å². The Morgan fingerprint density at radius 1 is 1.43 bits per heavy atom. The van der Waals surface area contributed by atoms with Crippen LogP contribution in [-0.2, 0) is 9.53 Å². The smallest absolute Gasteiger partial charge is 0.230 e. The molecule has 0 saturated carbocycles. The topological polar surface area (TPSA) is 50.8 Å². The number of methoxy groups -OCH3 is 2. The van der Waals surface area contributed by atoms with E-state index in [1.807, 2.05) is 24.3 Å². The fourth-order valence-corrected chi connectivity index (χ4v) is 3.43.